The van der Waals surface area contributed by atoms with Crippen LogP contribution in [0.25, 0.3) is 0 Å². The summed E-state index contributed by atoms with van der Waals surface area (Å²) in [5.74, 6) is 0.634. The lowest BCUT2D eigenvalue weighted by Gasteiger charge is -2.22. The molecule has 0 radical (unpaired) electrons. The lowest BCUT2D eigenvalue weighted by atomic mass is 10.2. The number of aromatic nitrogens is 2. The maximum Gasteiger partial charge on any atom is 0.239 e. The van der Waals surface area contributed by atoms with Crippen LogP contribution in [0.5, 0.6) is 11.6 Å². The Bertz CT molecular complexity index is 765. The van der Waals surface area contributed by atoms with Gasteiger partial charge in [0.05, 0.1) is 16.7 Å². The summed E-state index contributed by atoms with van der Waals surface area (Å²) in [5.41, 5.74) is 0.826. The van der Waals surface area contributed by atoms with E-state index < -0.39 is 0 Å². The predicted octanol–water partition coefficient (Wildman–Crippen LogP) is 6.31. The summed E-state index contributed by atoms with van der Waals surface area (Å²) in [4.78, 5) is 0. The van der Waals surface area contributed by atoms with E-state index in [-0.39, 0.29) is 12.2 Å². The van der Waals surface area contributed by atoms with Gasteiger partial charge in [0.1, 0.15) is 0 Å². The van der Waals surface area contributed by atoms with E-state index in [0.717, 1.165) is 41.4 Å². The molecule has 1 atom stereocenters. The molecule has 0 saturated carbocycles. The van der Waals surface area contributed by atoms with Gasteiger partial charge in [0.25, 0.3) is 0 Å². The third-order valence-corrected chi connectivity index (χ3v) is 5.50. The Kier molecular flexibility index (Phi) is 8.23. The number of aryl methyl sites for hydroxylation is 1. The zero-order chi connectivity index (χ0) is 19.2. The Balaban J connectivity index is 1.59. The fourth-order valence-electron chi connectivity index (χ4n) is 2.67. The van der Waals surface area contributed by atoms with Crippen LogP contribution in [0.15, 0.2) is 18.2 Å². The molecule has 1 saturated heterocycles. The van der Waals surface area contributed by atoms with E-state index in [9.17, 15) is 0 Å². The fraction of sp³-hybridized carbons (Fsp3) is 0.444. The van der Waals surface area contributed by atoms with Crippen molar-refractivity contribution in [2.24, 2.45) is 0 Å². The molecule has 2 heterocycles. The number of ether oxygens (including phenoxy) is 3. The third kappa shape index (κ3) is 6.30. The van der Waals surface area contributed by atoms with Crippen molar-refractivity contribution in [1.29, 1.82) is 0 Å². The number of rotatable bonds is 7. The van der Waals surface area contributed by atoms with E-state index in [2.05, 4.69) is 32.8 Å². The average Bonchev–Trinajstić information content (AvgIpc) is 2.64. The minimum absolute atomic E-state index is 0.0890. The minimum atomic E-state index is -0.0890. The third-order valence-electron chi connectivity index (χ3n) is 4.00. The Morgan fingerprint density at radius 2 is 1.89 bits per heavy atom. The van der Waals surface area contributed by atoms with Crippen LogP contribution < -0.4 is 4.74 Å². The topological polar surface area (TPSA) is 53.5 Å². The lowest BCUT2D eigenvalue weighted by Crippen LogP contribution is -2.22. The van der Waals surface area contributed by atoms with Crippen molar-refractivity contribution in [2.75, 3.05) is 13.2 Å². The zero-order valence-corrected chi connectivity index (χ0v) is 18.8. The van der Waals surface area contributed by atoms with Crippen molar-refractivity contribution < 1.29 is 14.2 Å². The smallest absolute Gasteiger partial charge is 0.239 e. The van der Waals surface area contributed by atoms with Crippen LogP contribution in [0.4, 0.5) is 0 Å². The van der Waals surface area contributed by atoms with E-state index in [4.69, 9.17) is 49.0 Å². The summed E-state index contributed by atoms with van der Waals surface area (Å²) in [7, 11) is 0. The largest absolute Gasteiger partial charge is 0.434 e. The van der Waals surface area contributed by atoms with E-state index in [1.54, 1.807) is 18.2 Å². The first-order valence-corrected chi connectivity index (χ1v) is 10.8. The van der Waals surface area contributed by atoms with Gasteiger partial charge < -0.3 is 14.2 Å². The highest BCUT2D eigenvalue weighted by Crippen LogP contribution is 2.37. The molecule has 0 amide bonds. The Labute approximate surface area is 186 Å². The molecule has 1 aromatic heterocycles. The lowest BCUT2D eigenvalue weighted by molar-refractivity contribution is -0.162. The van der Waals surface area contributed by atoms with Gasteiger partial charge in [0.15, 0.2) is 17.2 Å². The molecule has 0 N–H and O–H groups in total. The monoisotopic (exact) mass is 542 g/mol. The average molecular weight is 544 g/mol. The van der Waals surface area contributed by atoms with Gasteiger partial charge in [-0.25, -0.2) is 0 Å². The molecule has 27 heavy (non-hydrogen) atoms. The maximum atomic E-state index is 6.22. The molecule has 2 aromatic rings. The van der Waals surface area contributed by atoms with Crippen molar-refractivity contribution in [2.45, 2.75) is 38.4 Å². The highest BCUT2D eigenvalue weighted by Gasteiger charge is 2.15. The molecule has 0 bridgehead atoms. The number of benzene rings is 1. The second-order valence-electron chi connectivity index (χ2n) is 6.07. The zero-order valence-electron chi connectivity index (χ0n) is 14.4. The second-order valence-corrected chi connectivity index (χ2v) is 8.49. The highest BCUT2D eigenvalue weighted by atomic mass is 127. The summed E-state index contributed by atoms with van der Waals surface area (Å²) in [6.07, 6.45) is 4.59. The maximum absolute atomic E-state index is 6.22. The standard InChI is InChI=1S/C18H18Cl3IN2O3/c19-13-9-12(22)10-14(20)17(13)27-15-8-11(18(21)24-23-15)4-3-7-26-16-5-1-2-6-25-16/h8-10,16H,1-7H2/t16-/m1/s1. The molecular weight excluding hydrogens is 525 g/mol. The van der Waals surface area contributed by atoms with Gasteiger partial charge in [-0.1, -0.05) is 34.8 Å². The molecular formula is C18H18Cl3IN2O3. The number of hydrogen-bond acceptors (Lipinski definition) is 5. The molecule has 5 nitrogen and oxygen atoms in total. The van der Waals surface area contributed by atoms with Crippen molar-refractivity contribution in [3.8, 4) is 11.6 Å². The van der Waals surface area contributed by atoms with Crippen molar-refractivity contribution in [1.82, 2.24) is 10.2 Å². The van der Waals surface area contributed by atoms with Crippen molar-refractivity contribution in [3.63, 3.8) is 0 Å². The molecule has 1 aliphatic heterocycles. The fourth-order valence-corrected chi connectivity index (χ4v) is 4.41. The first-order valence-electron chi connectivity index (χ1n) is 8.60. The van der Waals surface area contributed by atoms with Gasteiger partial charge in [0, 0.05) is 16.2 Å². The molecule has 0 unspecified atom stereocenters. The van der Waals surface area contributed by atoms with Crippen LogP contribution in [-0.4, -0.2) is 29.7 Å². The van der Waals surface area contributed by atoms with Gasteiger partial charge in [-0.2, -0.15) is 0 Å². The summed E-state index contributed by atoms with van der Waals surface area (Å²) in [6, 6.07) is 5.27. The highest BCUT2D eigenvalue weighted by molar-refractivity contribution is 14.1. The van der Waals surface area contributed by atoms with Gasteiger partial charge in [-0.3, -0.25) is 0 Å². The normalized spacial score (nSPS) is 17.1. The Morgan fingerprint density at radius 1 is 1.11 bits per heavy atom. The van der Waals surface area contributed by atoms with Gasteiger partial charge in [-0.05, 0) is 72.4 Å². The van der Waals surface area contributed by atoms with Crippen LogP contribution in [0.2, 0.25) is 15.2 Å². The van der Waals surface area contributed by atoms with Crippen LogP contribution in [-0.2, 0) is 15.9 Å². The summed E-state index contributed by atoms with van der Waals surface area (Å²) in [5, 5.41) is 9.08. The molecule has 1 aliphatic rings. The number of nitrogens with zero attached hydrogens (tertiary/aromatic N) is 2. The van der Waals surface area contributed by atoms with Crippen LogP contribution in [0.3, 0.4) is 0 Å². The van der Waals surface area contributed by atoms with Gasteiger partial charge >= 0.3 is 0 Å². The summed E-state index contributed by atoms with van der Waals surface area (Å²) >= 11 is 20.7. The molecule has 146 valence electrons. The first-order chi connectivity index (χ1) is 13.0. The SMILES string of the molecule is Clc1cc(I)cc(Cl)c1Oc1cc(CCCO[C@@H]2CCCCO2)c(Cl)nn1. The van der Waals surface area contributed by atoms with E-state index in [1.165, 1.54) is 0 Å². The minimum Gasteiger partial charge on any atom is -0.434 e. The Morgan fingerprint density at radius 3 is 2.59 bits per heavy atom. The summed E-state index contributed by atoms with van der Waals surface area (Å²) < 4.78 is 18.0. The van der Waals surface area contributed by atoms with Gasteiger partial charge in [0.2, 0.25) is 5.88 Å². The molecule has 3 rings (SSSR count). The quantitative estimate of drug-likeness (QED) is 0.303. The van der Waals surface area contributed by atoms with E-state index >= 15 is 0 Å². The van der Waals surface area contributed by atoms with Gasteiger partial charge in [-0.15, -0.1) is 10.2 Å². The van der Waals surface area contributed by atoms with Crippen LogP contribution in [0.1, 0.15) is 31.2 Å². The van der Waals surface area contributed by atoms with Crippen molar-refractivity contribution in [3.05, 3.63) is 42.5 Å². The molecule has 0 spiro atoms. The van der Waals surface area contributed by atoms with E-state index in [1.807, 2.05) is 0 Å². The second kappa shape index (κ2) is 10.4. The van der Waals surface area contributed by atoms with Crippen LogP contribution >= 0.6 is 57.4 Å². The molecule has 1 fully saturated rings. The molecule has 0 aliphatic carbocycles. The first kappa shape index (κ1) is 21.3. The van der Waals surface area contributed by atoms with Crippen molar-refractivity contribution >= 4 is 57.4 Å². The predicted molar refractivity (Wildman–Crippen MR) is 114 cm³/mol. The number of hydrogen-bond donors (Lipinski definition) is 0. The summed E-state index contributed by atoms with van der Waals surface area (Å²) in [6.45, 7) is 1.36. The molecule has 1 aromatic carbocycles. The Hall–Kier alpha value is -0.380. The number of halogens is 4. The van der Waals surface area contributed by atoms with Crippen LogP contribution in [0, 0.1) is 3.57 Å². The van der Waals surface area contributed by atoms with E-state index in [0.29, 0.717) is 34.0 Å². The molecule has 9 heteroatoms.